The second-order valence-electron chi connectivity index (χ2n) is 4.40. The number of amides is 1. The fourth-order valence-electron chi connectivity index (χ4n) is 1.82. The lowest BCUT2D eigenvalue weighted by Gasteiger charge is -2.08. The maximum absolute atomic E-state index is 12.0. The Balaban J connectivity index is 2.74. The number of aliphatic hydroxyl groups excluding tert-OH is 1. The number of benzene rings is 1. The number of unbranched alkanes of at least 4 members (excludes halogenated alkanes) is 2. The van der Waals surface area contributed by atoms with Crippen LogP contribution >= 0.6 is 0 Å². The molecular formula is C16H21NO2. The summed E-state index contributed by atoms with van der Waals surface area (Å²) in [6, 6.07) is 5.47. The highest BCUT2D eigenvalue weighted by Gasteiger charge is 2.09. The van der Waals surface area contributed by atoms with Crippen LogP contribution in [0.5, 0.6) is 0 Å². The Morgan fingerprint density at radius 2 is 2.16 bits per heavy atom. The molecule has 102 valence electrons. The smallest absolute Gasteiger partial charge is 0.251 e. The fraction of sp³-hybridized carbons (Fsp3) is 0.438. The van der Waals surface area contributed by atoms with E-state index in [2.05, 4.69) is 24.1 Å². The molecule has 2 N–H and O–H groups in total. The topological polar surface area (TPSA) is 49.3 Å². The van der Waals surface area contributed by atoms with Crippen molar-refractivity contribution in [2.75, 3.05) is 13.2 Å². The van der Waals surface area contributed by atoms with Crippen molar-refractivity contribution in [2.24, 2.45) is 0 Å². The molecule has 0 aromatic heterocycles. The van der Waals surface area contributed by atoms with E-state index in [1.54, 1.807) is 6.07 Å². The van der Waals surface area contributed by atoms with Gasteiger partial charge in [0, 0.05) is 17.7 Å². The number of carbonyl (C=O) groups excluding carboxylic acids is 1. The maximum atomic E-state index is 12.0. The first-order valence-corrected chi connectivity index (χ1v) is 6.68. The lowest BCUT2D eigenvalue weighted by molar-refractivity contribution is 0.0952. The zero-order valence-corrected chi connectivity index (χ0v) is 11.6. The van der Waals surface area contributed by atoms with Crippen LogP contribution in [0.15, 0.2) is 18.2 Å². The van der Waals surface area contributed by atoms with Crippen LogP contribution in [-0.2, 0) is 0 Å². The van der Waals surface area contributed by atoms with Crippen LogP contribution in [0, 0.1) is 18.8 Å². The Morgan fingerprint density at radius 3 is 2.84 bits per heavy atom. The summed E-state index contributed by atoms with van der Waals surface area (Å²) in [4.78, 5) is 12.0. The summed E-state index contributed by atoms with van der Waals surface area (Å²) < 4.78 is 0. The molecule has 0 atom stereocenters. The largest absolute Gasteiger partial charge is 0.384 e. The number of hydrogen-bond acceptors (Lipinski definition) is 2. The van der Waals surface area contributed by atoms with Crippen molar-refractivity contribution in [1.82, 2.24) is 5.32 Å². The Bertz CT molecular complexity index is 483. The van der Waals surface area contributed by atoms with Crippen molar-refractivity contribution in [2.45, 2.75) is 33.1 Å². The fourth-order valence-corrected chi connectivity index (χ4v) is 1.82. The van der Waals surface area contributed by atoms with Crippen LogP contribution in [0.25, 0.3) is 0 Å². The van der Waals surface area contributed by atoms with Gasteiger partial charge in [0.1, 0.15) is 6.61 Å². The number of hydrogen-bond donors (Lipinski definition) is 2. The molecule has 1 amide bonds. The highest BCUT2D eigenvalue weighted by atomic mass is 16.2. The summed E-state index contributed by atoms with van der Waals surface area (Å²) in [6.07, 6.45) is 3.27. The number of carbonyl (C=O) groups is 1. The van der Waals surface area contributed by atoms with Crippen LogP contribution in [-0.4, -0.2) is 24.2 Å². The van der Waals surface area contributed by atoms with Gasteiger partial charge in [0.25, 0.3) is 5.91 Å². The standard InChI is InChI=1S/C16H21NO2/c1-3-4-5-11-17-16(19)15-10-6-8-14(13(15)2)9-7-12-18/h6,8,10,18H,3-5,11-12H2,1-2H3,(H,17,19). The summed E-state index contributed by atoms with van der Waals surface area (Å²) >= 11 is 0. The quantitative estimate of drug-likeness (QED) is 0.629. The van der Waals surface area contributed by atoms with Gasteiger partial charge in [-0.05, 0) is 31.0 Å². The lowest BCUT2D eigenvalue weighted by Crippen LogP contribution is -2.25. The Morgan fingerprint density at radius 1 is 1.37 bits per heavy atom. The van der Waals surface area contributed by atoms with Gasteiger partial charge in [-0.3, -0.25) is 4.79 Å². The summed E-state index contributed by atoms with van der Waals surface area (Å²) in [5.41, 5.74) is 2.30. The van der Waals surface area contributed by atoms with E-state index in [1.807, 2.05) is 19.1 Å². The Kier molecular flexibility index (Phi) is 6.70. The van der Waals surface area contributed by atoms with E-state index in [0.29, 0.717) is 12.1 Å². The molecule has 0 saturated heterocycles. The van der Waals surface area contributed by atoms with Gasteiger partial charge in [0.2, 0.25) is 0 Å². The minimum absolute atomic E-state index is 0.0544. The molecule has 0 saturated carbocycles. The van der Waals surface area contributed by atoms with Crippen molar-refractivity contribution in [3.63, 3.8) is 0 Å². The van der Waals surface area contributed by atoms with Crippen LogP contribution in [0.2, 0.25) is 0 Å². The van der Waals surface area contributed by atoms with Crippen molar-refractivity contribution in [3.05, 3.63) is 34.9 Å². The Hall–Kier alpha value is -1.79. The second-order valence-corrected chi connectivity index (χ2v) is 4.40. The van der Waals surface area contributed by atoms with Gasteiger partial charge in [0.15, 0.2) is 0 Å². The molecule has 0 spiro atoms. The van der Waals surface area contributed by atoms with Gasteiger partial charge in [0.05, 0.1) is 0 Å². The maximum Gasteiger partial charge on any atom is 0.251 e. The normalized spacial score (nSPS) is 9.63. The van der Waals surface area contributed by atoms with Crippen LogP contribution < -0.4 is 5.32 Å². The predicted octanol–water partition coefficient (Wildman–Crippen LogP) is 2.26. The molecule has 0 fully saturated rings. The first kappa shape index (κ1) is 15.3. The zero-order chi connectivity index (χ0) is 14.1. The molecule has 0 bridgehead atoms. The highest BCUT2D eigenvalue weighted by Crippen LogP contribution is 2.12. The van der Waals surface area contributed by atoms with Gasteiger partial charge in [-0.25, -0.2) is 0 Å². The average molecular weight is 259 g/mol. The van der Waals surface area contributed by atoms with E-state index >= 15 is 0 Å². The van der Waals surface area contributed by atoms with Gasteiger partial charge in [-0.2, -0.15) is 0 Å². The predicted molar refractivity (Wildman–Crippen MR) is 77.0 cm³/mol. The Labute approximate surface area is 115 Å². The van der Waals surface area contributed by atoms with Crippen LogP contribution in [0.4, 0.5) is 0 Å². The molecule has 1 aromatic carbocycles. The van der Waals surface area contributed by atoms with Crippen molar-refractivity contribution in [3.8, 4) is 11.8 Å². The molecule has 3 nitrogen and oxygen atoms in total. The molecule has 0 unspecified atom stereocenters. The number of rotatable bonds is 5. The van der Waals surface area contributed by atoms with Gasteiger partial charge >= 0.3 is 0 Å². The molecule has 0 aliphatic heterocycles. The van der Waals surface area contributed by atoms with Gasteiger partial charge in [-0.1, -0.05) is 37.7 Å². The minimum Gasteiger partial charge on any atom is -0.384 e. The zero-order valence-electron chi connectivity index (χ0n) is 11.6. The van der Waals surface area contributed by atoms with Crippen molar-refractivity contribution in [1.29, 1.82) is 0 Å². The second kappa shape index (κ2) is 8.34. The SMILES string of the molecule is CCCCCNC(=O)c1cccc(C#CCO)c1C. The summed E-state index contributed by atoms with van der Waals surface area (Å²) in [5, 5.41) is 11.6. The number of nitrogens with one attached hydrogen (secondary N) is 1. The number of aliphatic hydroxyl groups is 1. The minimum atomic E-state index is -0.174. The average Bonchev–Trinajstić information content (AvgIpc) is 2.42. The molecule has 0 radical (unpaired) electrons. The first-order chi connectivity index (χ1) is 9.20. The van der Waals surface area contributed by atoms with Crippen molar-refractivity contribution < 1.29 is 9.90 Å². The molecule has 1 aromatic rings. The lowest BCUT2D eigenvalue weighted by atomic mass is 10.0. The molecule has 0 aliphatic rings. The molecule has 0 heterocycles. The third-order valence-corrected chi connectivity index (χ3v) is 2.95. The van der Waals surface area contributed by atoms with E-state index in [4.69, 9.17) is 5.11 Å². The van der Waals surface area contributed by atoms with Crippen molar-refractivity contribution >= 4 is 5.91 Å². The molecule has 1 rings (SSSR count). The summed E-state index contributed by atoms with van der Waals surface area (Å²) in [5.74, 6) is 5.41. The third kappa shape index (κ3) is 4.76. The highest BCUT2D eigenvalue weighted by molar-refractivity contribution is 5.96. The van der Waals surface area contributed by atoms with Gasteiger partial charge < -0.3 is 10.4 Å². The molecular weight excluding hydrogens is 238 g/mol. The summed E-state index contributed by atoms with van der Waals surface area (Å²) in [6.45, 7) is 4.54. The van der Waals surface area contributed by atoms with Gasteiger partial charge in [-0.15, -0.1) is 0 Å². The summed E-state index contributed by atoms with van der Waals surface area (Å²) in [7, 11) is 0. The third-order valence-electron chi connectivity index (χ3n) is 2.95. The first-order valence-electron chi connectivity index (χ1n) is 6.68. The monoisotopic (exact) mass is 259 g/mol. The van der Waals surface area contributed by atoms with E-state index < -0.39 is 0 Å². The van der Waals surface area contributed by atoms with Crippen LogP contribution in [0.3, 0.4) is 0 Å². The van der Waals surface area contributed by atoms with E-state index in [-0.39, 0.29) is 12.5 Å². The molecule has 0 aliphatic carbocycles. The van der Waals surface area contributed by atoms with E-state index in [0.717, 1.165) is 30.4 Å². The molecule has 3 heteroatoms. The van der Waals surface area contributed by atoms with E-state index in [1.165, 1.54) is 0 Å². The molecule has 19 heavy (non-hydrogen) atoms. The van der Waals surface area contributed by atoms with Crippen LogP contribution in [0.1, 0.15) is 47.7 Å². The van der Waals surface area contributed by atoms with E-state index in [9.17, 15) is 4.79 Å².